The van der Waals surface area contributed by atoms with Crippen molar-refractivity contribution < 1.29 is 33.4 Å². The van der Waals surface area contributed by atoms with Crippen LogP contribution in [-0.2, 0) is 33.4 Å². The van der Waals surface area contributed by atoms with E-state index >= 15 is 0 Å². The number of hydrogen-bond acceptors (Lipinski definition) is 7. The summed E-state index contributed by atoms with van der Waals surface area (Å²) in [4.78, 5) is 57.6. The molecule has 0 spiro atoms. The van der Waals surface area contributed by atoms with E-state index in [4.69, 9.17) is 20.6 Å². The van der Waals surface area contributed by atoms with E-state index in [1.165, 1.54) is 0 Å². The van der Waals surface area contributed by atoms with Crippen LogP contribution in [0.5, 0.6) is 0 Å². The molecule has 0 aromatic heterocycles. The minimum Gasteiger partial charge on any atom is -0.452 e. The van der Waals surface area contributed by atoms with Crippen LogP contribution >= 0.6 is 0 Å². The largest absolute Gasteiger partial charge is 0.452 e. The molecule has 1 N–H and O–H groups in total. The fraction of sp³-hybridized carbons (Fsp3) is 0.174. The number of carbonyl (C=O) groups is 4. The topological polar surface area (TPSA) is 111 Å². The molecule has 9 heteroatoms. The van der Waals surface area contributed by atoms with E-state index in [9.17, 15) is 19.2 Å². The fourth-order valence-electron chi connectivity index (χ4n) is 6.47. The van der Waals surface area contributed by atoms with Crippen LogP contribution in [0.1, 0.15) is 59.8 Å². The van der Waals surface area contributed by atoms with Gasteiger partial charge in [-0.25, -0.2) is 4.79 Å². The van der Waals surface area contributed by atoms with Crippen molar-refractivity contribution in [1.29, 1.82) is 0 Å². The van der Waals surface area contributed by atoms with E-state index < -0.39 is 54.1 Å². The molecule has 1 aliphatic heterocycles. The predicted octanol–water partition coefficient (Wildman–Crippen LogP) is 7.03. The monoisotopic (exact) mass is 732 g/mol. The molecule has 0 saturated carbocycles. The molecule has 3 atom stereocenters. The number of amides is 2. The number of terminal acetylenes is 1. The summed E-state index contributed by atoms with van der Waals surface area (Å²) < 4.78 is 18.1. The number of allylic oxidation sites excluding steroid dienone is 1. The van der Waals surface area contributed by atoms with Crippen LogP contribution < -0.4 is 5.32 Å². The molecular weight excluding hydrogens is 693 g/mol. The highest BCUT2D eigenvalue weighted by Crippen LogP contribution is 2.34. The van der Waals surface area contributed by atoms with Gasteiger partial charge in [0, 0.05) is 0 Å². The Morgan fingerprint density at radius 3 is 1.45 bits per heavy atom. The molecule has 55 heavy (non-hydrogen) atoms. The van der Waals surface area contributed by atoms with Crippen LogP contribution in [0.25, 0.3) is 0 Å². The summed E-state index contributed by atoms with van der Waals surface area (Å²) in [6.45, 7) is 3.11. The standard InChI is InChI=1S/C46H40N2O7/c1-4-30-53-44-38(43(50)48(44)39(31(2)3)46(52)55-41(35-26-16-8-17-27-35)36-28-18-9-19-29-36)47-42(49)37(32-20-10-5-11-21-32)45(51)54-40(33-22-12-6-13-23-33)34-24-14-7-15-25-34/h1,5-29,37-38,40-41,44H,30H2,2-3H3,(H,47,49)/t37?,38-,44-/m1/s1. The number of likely N-dealkylation sites (tertiary alicyclic amines) is 1. The zero-order valence-corrected chi connectivity index (χ0v) is 30.4. The number of benzene rings is 5. The van der Waals surface area contributed by atoms with E-state index in [2.05, 4.69) is 11.2 Å². The summed E-state index contributed by atoms with van der Waals surface area (Å²) in [5, 5.41) is 2.71. The number of nitrogens with zero attached hydrogens (tertiary/aromatic N) is 1. The molecule has 6 rings (SSSR count). The van der Waals surface area contributed by atoms with Gasteiger partial charge < -0.3 is 19.5 Å². The lowest BCUT2D eigenvalue weighted by molar-refractivity contribution is -0.181. The van der Waals surface area contributed by atoms with Crippen LogP contribution in [-0.4, -0.2) is 47.5 Å². The van der Waals surface area contributed by atoms with Gasteiger partial charge in [-0.3, -0.25) is 19.3 Å². The molecule has 2 amide bonds. The van der Waals surface area contributed by atoms with Gasteiger partial charge in [-0.05, 0) is 47.2 Å². The second-order valence-corrected chi connectivity index (χ2v) is 13.0. The Morgan fingerprint density at radius 1 is 0.655 bits per heavy atom. The first-order valence-electron chi connectivity index (χ1n) is 17.8. The fourth-order valence-corrected chi connectivity index (χ4v) is 6.47. The van der Waals surface area contributed by atoms with E-state index in [0.717, 1.165) is 16.0 Å². The Kier molecular flexibility index (Phi) is 12.3. The summed E-state index contributed by atoms with van der Waals surface area (Å²) in [5.41, 5.74) is 3.66. The molecule has 0 bridgehead atoms. The minimum atomic E-state index is -1.46. The van der Waals surface area contributed by atoms with Gasteiger partial charge in [-0.15, -0.1) is 6.42 Å². The molecular formula is C46H40N2O7. The lowest BCUT2D eigenvalue weighted by Crippen LogP contribution is -2.72. The van der Waals surface area contributed by atoms with E-state index in [-0.39, 0.29) is 12.3 Å². The van der Waals surface area contributed by atoms with Gasteiger partial charge in [-0.2, -0.15) is 0 Å². The Morgan fingerprint density at radius 2 is 1.05 bits per heavy atom. The van der Waals surface area contributed by atoms with Crippen molar-refractivity contribution >= 4 is 23.8 Å². The third-order valence-electron chi connectivity index (χ3n) is 9.09. The number of nitrogens with one attached hydrogen (secondary N) is 1. The van der Waals surface area contributed by atoms with Gasteiger partial charge in [0.25, 0.3) is 5.91 Å². The molecule has 1 heterocycles. The lowest BCUT2D eigenvalue weighted by Gasteiger charge is -2.47. The van der Waals surface area contributed by atoms with Crippen LogP contribution in [0, 0.1) is 12.3 Å². The molecule has 5 aromatic rings. The van der Waals surface area contributed by atoms with E-state index in [1.807, 2.05) is 121 Å². The molecule has 1 fully saturated rings. The van der Waals surface area contributed by atoms with Crippen molar-refractivity contribution in [2.45, 2.75) is 44.2 Å². The maximum Gasteiger partial charge on any atom is 0.356 e. The molecule has 9 nitrogen and oxygen atoms in total. The summed E-state index contributed by atoms with van der Waals surface area (Å²) in [6, 6.07) is 44.1. The van der Waals surface area contributed by atoms with Crippen molar-refractivity contribution in [3.8, 4) is 12.3 Å². The Labute approximate surface area is 320 Å². The molecule has 5 aromatic carbocycles. The smallest absolute Gasteiger partial charge is 0.356 e. The van der Waals surface area contributed by atoms with Crippen LogP contribution in [0.4, 0.5) is 0 Å². The molecule has 1 unspecified atom stereocenters. The Bertz CT molecular complexity index is 2090. The number of carbonyl (C=O) groups excluding carboxylic acids is 4. The maximum atomic E-state index is 14.2. The number of hydrogen-bond donors (Lipinski definition) is 1. The van der Waals surface area contributed by atoms with Crippen molar-refractivity contribution in [3.05, 3.63) is 191 Å². The average Bonchev–Trinajstić information content (AvgIpc) is 3.22. The number of β-lactam (4-membered cyclic amide) rings is 1. The van der Waals surface area contributed by atoms with Crippen molar-refractivity contribution in [3.63, 3.8) is 0 Å². The van der Waals surface area contributed by atoms with E-state index in [1.54, 1.807) is 44.2 Å². The third kappa shape index (κ3) is 8.73. The average molecular weight is 733 g/mol. The van der Waals surface area contributed by atoms with Gasteiger partial charge in [0.05, 0.1) is 0 Å². The maximum absolute atomic E-state index is 14.2. The zero-order valence-electron chi connectivity index (χ0n) is 30.4. The summed E-state index contributed by atoms with van der Waals surface area (Å²) >= 11 is 0. The molecule has 1 aliphatic rings. The zero-order chi connectivity index (χ0) is 38.7. The highest BCUT2D eigenvalue weighted by Gasteiger charge is 2.54. The normalized spacial score (nSPS) is 15.3. The second kappa shape index (κ2) is 17.8. The first-order valence-corrected chi connectivity index (χ1v) is 17.8. The van der Waals surface area contributed by atoms with Gasteiger partial charge in [-0.1, -0.05) is 158 Å². The van der Waals surface area contributed by atoms with Crippen LogP contribution in [0.15, 0.2) is 163 Å². The van der Waals surface area contributed by atoms with Gasteiger partial charge in [0.2, 0.25) is 5.91 Å². The summed E-state index contributed by atoms with van der Waals surface area (Å²) in [6.07, 6.45) is 2.76. The molecule has 0 radical (unpaired) electrons. The first kappa shape index (κ1) is 38.0. The Hall–Kier alpha value is -6.76. The quantitative estimate of drug-likeness (QED) is 0.0429. The molecule has 1 saturated heterocycles. The highest BCUT2D eigenvalue weighted by molar-refractivity contribution is 6.07. The third-order valence-corrected chi connectivity index (χ3v) is 9.09. The van der Waals surface area contributed by atoms with Crippen LogP contribution in [0.3, 0.4) is 0 Å². The number of ether oxygens (including phenoxy) is 3. The van der Waals surface area contributed by atoms with Crippen molar-refractivity contribution in [1.82, 2.24) is 10.2 Å². The molecule has 276 valence electrons. The van der Waals surface area contributed by atoms with Gasteiger partial charge in [0.15, 0.2) is 30.4 Å². The first-order chi connectivity index (χ1) is 26.8. The van der Waals surface area contributed by atoms with Crippen molar-refractivity contribution in [2.24, 2.45) is 0 Å². The SMILES string of the molecule is C#CCO[C@@H]1[C@H](NC(=O)C(C(=O)OC(c2ccccc2)c2ccccc2)c2ccccc2)C(=O)N1C(C(=O)OC(c1ccccc1)c1ccccc1)=C(C)C. The van der Waals surface area contributed by atoms with Gasteiger partial charge in [0.1, 0.15) is 12.3 Å². The van der Waals surface area contributed by atoms with Crippen molar-refractivity contribution in [2.75, 3.05) is 6.61 Å². The summed E-state index contributed by atoms with van der Waals surface area (Å²) in [5.74, 6) is -2.11. The predicted molar refractivity (Wildman–Crippen MR) is 207 cm³/mol. The van der Waals surface area contributed by atoms with Crippen LogP contribution in [0.2, 0.25) is 0 Å². The summed E-state index contributed by atoms with van der Waals surface area (Å²) in [7, 11) is 0. The molecule has 0 aliphatic carbocycles. The highest BCUT2D eigenvalue weighted by atomic mass is 16.6. The number of rotatable bonds is 14. The number of esters is 2. The lowest BCUT2D eigenvalue weighted by atomic mass is 9.95. The van der Waals surface area contributed by atoms with E-state index in [0.29, 0.717) is 22.3 Å². The van der Waals surface area contributed by atoms with Gasteiger partial charge >= 0.3 is 11.9 Å². The minimum absolute atomic E-state index is 0.0537. The second-order valence-electron chi connectivity index (χ2n) is 13.0. The Balaban J connectivity index is 1.27.